The Balaban J connectivity index is 2.13. The summed E-state index contributed by atoms with van der Waals surface area (Å²) in [7, 11) is 0. The molecule has 0 aliphatic rings. The molecule has 0 amide bonds. The molecule has 0 fully saturated rings. The number of hydrogen-bond donors (Lipinski definition) is 2. The molecular weight excluding hydrogens is 468 g/mol. The molecule has 2 aromatic heterocycles. The van der Waals surface area contributed by atoms with Crippen LogP contribution in [0.15, 0.2) is 47.3 Å². The normalized spacial score (nSPS) is 11.4. The molecule has 4 rings (SSSR count). The fraction of sp³-hybridized carbons (Fsp3) is 0.136. The summed E-state index contributed by atoms with van der Waals surface area (Å²) in [5.74, 6) is -1.78. The zero-order chi connectivity index (χ0) is 25.5. The van der Waals surface area contributed by atoms with Crippen LogP contribution in [0.3, 0.4) is 0 Å². The van der Waals surface area contributed by atoms with Crippen molar-refractivity contribution in [2.24, 2.45) is 0 Å². The number of aromatic nitrogens is 4. The van der Waals surface area contributed by atoms with Crippen molar-refractivity contribution in [1.82, 2.24) is 19.5 Å². The van der Waals surface area contributed by atoms with E-state index in [1.54, 1.807) is 6.92 Å². The SMILES string of the molecule is CCN(c1nc(N)nc(N)c1C#N)c1nc2cccc(F)c2c(=O)n1-c1cccc(C(F)(F)F)c1. The van der Waals surface area contributed by atoms with Crippen LogP contribution in [-0.2, 0) is 6.18 Å². The van der Waals surface area contributed by atoms with Gasteiger partial charge in [-0.05, 0) is 37.3 Å². The van der Waals surface area contributed by atoms with E-state index in [1.165, 1.54) is 23.1 Å². The number of nitrogens with two attached hydrogens (primary N) is 2. The van der Waals surface area contributed by atoms with Crippen LogP contribution >= 0.6 is 0 Å². The van der Waals surface area contributed by atoms with E-state index in [1.807, 2.05) is 6.07 Å². The first-order valence-corrected chi connectivity index (χ1v) is 10.1. The molecule has 4 aromatic rings. The molecule has 0 bridgehead atoms. The lowest BCUT2D eigenvalue weighted by Gasteiger charge is -2.26. The number of rotatable bonds is 4. The second-order valence-electron chi connectivity index (χ2n) is 7.26. The maximum absolute atomic E-state index is 14.6. The number of nitriles is 1. The second-order valence-corrected chi connectivity index (χ2v) is 7.26. The highest BCUT2D eigenvalue weighted by atomic mass is 19.4. The quantitative estimate of drug-likeness (QED) is 0.420. The Hall–Kier alpha value is -4.73. The van der Waals surface area contributed by atoms with Gasteiger partial charge in [0, 0.05) is 6.54 Å². The number of hydrogen-bond acceptors (Lipinski definition) is 8. The molecule has 0 aliphatic heterocycles. The van der Waals surface area contributed by atoms with Crippen molar-refractivity contribution in [3.63, 3.8) is 0 Å². The lowest BCUT2D eigenvalue weighted by atomic mass is 10.1. The highest BCUT2D eigenvalue weighted by Crippen LogP contribution is 2.33. The van der Waals surface area contributed by atoms with Gasteiger partial charge in [-0.2, -0.15) is 28.4 Å². The highest BCUT2D eigenvalue weighted by molar-refractivity contribution is 5.81. The van der Waals surface area contributed by atoms with Gasteiger partial charge < -0.3 is 11.5 Å². The largest absolute Gasteiger partial charge is 0.416 e. The molecule has 2 heterocycles. The van der Waals surface area contributed by atoms with E-state index in [9.17, 15) is 27.6 Å². The van der Waals surface area contributed by atoms with Gasteiger partial charge in [-0.15, -0.1) is 0 Å². The Morgan fingerprint density at radius 2 is 1.83 bits per heavy atom. The van der Waals surface area contributed by atoms with Crippen molar-refractivity contribution in [1.29, 1.82) is 5.26 Å². The average molecular weight is 484 g/mol. The summed E-state index contributed by atoms with van der Waals surface area (Å²) in [5.41, 5.74) is 9.06. The predicted molar refractivity (Wildman–Crippen MR) is 121 cm³/mol. The maximum atomic E-state index is 14.6. The maximum Gasteiger partial charge on any atom is 0.416 e. The molecule has 0 saturated carbocycles. The number of anilines is 4. The predicted octanol–water partition coefficient (Wildman–Crippen LogP) is 3.53. The topological polar surface area (TPSA) is 140 Å². The van der Waals surface area contributed by atoms with Gasteiger partial charge in [0.2, 0.25) is 11.9 Å². The molecule has 0 spiro atoms. The van der Waals surface area contributed by atoms with Gasteiger partial charge >= 0.3 is 6.18 Å². The number of halogens is 4. The van der Waals surface area contributed by atoms with Crippen molar-refractivity contribution >= 4 is 34.4 Å². The summed E-state index contributed by atoms with van der Waals surface area (Å²) in [5, 5.41) is 9.19. The Morgan fingerprint density at radius 1 is 1.11 bits per heavy atom. The summed E-state index contributed by atoms with van der Waals surface area (Å²) >= 11 is 0. The van der Waals surface area contributed by atoms with Gasteiger partial charge in [-0.25, -0.2) is 13.9 Å². The standard InChI is InChI=1S/C22H16F4N8O/c1-2-33(18-13(10-27)17(28)31-20(29)32-18)21-30-15-8-4-7-14(23)16(15)19(35)34(21)12-6-3-5-11(9-12)22(24,25)26/h3-9H,2H2,1H3,(H4,28,29,31,32). The van der Waals surface area contributed by atoms with Crippen LogP contribution in [0.4, 0.5) is 41.1 Å². The molecule has 178 valence electrons. The number of fused-ring (bicyclic) bond motifs is 1. The molecule has 0 unspecified atom stereocenters. The minimum Gasteiger partial charge on any atom is -0.382 e. The van der Waals surface area contributed by atoms with Crippen LogP contribution in [0.1, 0.15) is 18.1 Å². The summed E-state index contributed by atoms with van der Waals surface area (Å²) in [6, 6.07) is 9.53. The van der Waals surface area contributed by atoms with Crippen molar-refractivity contribution in [3.05, 3.63) is 69.8 Å². The first kappa shape index (κ1) is 23.4. The van der Waals surface area contributed by atoms with Crippen molar-refractivity contribution in [2.45, 2.75) is 13.1 Å². The van der Waals surface area contributed by atoms with Gasteiger partial charge in [-0.3, -0.25) is 9.69 Å². The molecule has 0 aliphatic carbocycles. The first-order chi connectivity index (χ1) is 16.6. The number of nitrogens with zero attached hydrogens (tertiary/aromatic N) is 6. The average Bonchev–Trinajstić information content (AvgIpc) is 2.79. The van der Waals surface area contributed by atoms with Crippen LogP contribution in [0.25, 0.3) is 16.6 Å². The first-order valence-electron chi connectivity index (χ1n) is 10.1. The van der Waals surface area contributed by atoms with Crippen molar-refractivity contribution < 1.29 is 17.6 Å². The fourth-order valence-electron chi connectivity index (χ4n) is 3.58. The van der Waals surface area contributed by atoms with E-state index >= 15 is 0 Å². The van der Waals surface area contributed by atoms with Crippen molar-refractivity contribution in [3.8, 4) is 11.8 Å². The molecule has 0 radical (unpaired) electrons. The van der Waals surface area contributed by atoms with Gasteiger partial charge in [0.05, 0.1) is 16.8 Å². The fourth-order valence-corrected chi connectivity index (χ4v) is 3.58. The lowest BCUT2D eigenvalue weighted by Crippen LogP contribution is -2.31. The highest BCUT2D eigenvalue weighted by Gasteiger charge is 2.31. The van der Waals surface area contributed by atoms with E-state index in [0.717, 1.165) is 28.8 Å². The monoisotopic (exact) mass is 484 g/mol. The summed E-state index contributed by atoms with van der Waals surface area (Å²) in [6.07, 6.45) is -4.71. The van der Waals surface area contributed by atoms with Gasteiger partial charge in [0.15, 0.2) is 5.82 Å². The van der Waals surface area contributed by atoms with Crippen LogP contribution in [0, 0.1) is 17.1 Å². The third-order valence-electron chi connectivity index (χ3n) is 5.12. The van der Waals surface area contributed by atoms with Crippen LogP contribution < -0.4 is 21.9 Å². The number of benzene rings is 2. The van der Waals surface area contributed by atoms with E-state index < -0.39 is 28.5 Å². The molecule has 13 heteroatoms. The zero-order valence-electron chi connectivity index (χ0n) is 18.0. The van der Waals surface area contributed by atoms with Gasteiger partial charge in [0.25, 0.3) is 5.56 Å². The van der Waals surface area contributed by atoms with E-state index in [4.69, 9.17) is 11.5 Å². The number of alkyl halides is 3. The van der Waals surface area contributed by atoms with Crippen LogP contribution in [0.2, 0.25) is 0 Å². The van der Waals surface area contributed by atoms with Gasteiger partial charge in [-0.1, -0.05) is 12.1 Å². The molecule has 35 heavy (non-hydrogen) atoms. The summed E-state index contributed by atoms with van der Waals surface area (Å²) in [6.45, 7) is 1.64. The van der Waals surface area contributed by atoms with Gasteiger partial charge in [0.1, 0.15) is 28.7 Å². The number of nitrogen functional groups attached to an aromatic ring is 2. The Labute approximate surface area is 194 Å². The smallest absolute Gasteiger partial charge is 0.382 e. The molecule has 4 N–H and O–H groups in total. The van der Waals surface area contributed by atoms with Crippen molar-refractivity contribution in [2.75, 3.05) is 22.9 Å². The zero-order valence-corrected chi connectivity index (χ0v) is 18.0. The molecular formula is C22H16F4N8O. The van der Waals surface area contributed by atoms with Crippen LogP contribution in [-0.4, -0.2) is 26.1 Å². The molecule has 9 nitrogen and oxygen atoms in total. The molecule has 0 atom stereocenters. The van der Waals surface area contributed by atoms with Crippen LogP contribution in [0.5, 0.6) is 0 Å². The van der Waals surface area contributed by atoms with E-state index in [2.05, 4.69) is 15.0 Å². The Bertz CT molecular complexity index is 1560. The third-order valence-corrected chi connectivity index (χ3v) is 5.12. The minimum atomic E-state index is -4.71. The second kappa shape index (κ2) is 8.56. The van der Waals surface area contributed by atoms with E-state index in [0.29, 0.717) is 0 Å². The Kier molecular flexibility index (Phi) is 5.73. The molecule has 0 saturated heterocycles. The minimum absolute atomic E-state index is 0.0246. The summed E-state index contributed by atoms with van der Waals surface area (Å²) in [4.78, 5) is 26.9. The molecule has 2 aromatic carbocycles. The lowest BCUT2D eigenvalue weighted by molar-refractivity contribution is -0.137. The van der Waals surface area contributed by atoms with E-state index in [-0.39, 0.29) is 46.8 Å². The summed E-state index contributed by atoms with van der Waals surface area (Å²) < 4.78 is 55.7. The Morgan fingerprint density at radius 3 is 2.49 bits per heavy atom. The third kappa shape index (κ3) is 4.05.